The molecular formula is C11H9ClN2. The van der Waals surface area contributed by atoms with Gasteiger partial charge in [-0.05, 0) is 23.8 Å². The second kappa shape index (κ2) is 3.76. The lowest BCUT2D eigenvalue weighted by Gasteiger charge is -2.00. The summed E-state index contributed by atoms with van der Waals surface area (Å²) < 4.78 is 0. The maximum atomic E-state index is 6.04. The molecule has 70 valence electrons. The first-order chi connectivity index (χ1) is 6.81. The summed E-state index contributed by atoms with van der Waals surface area (Å²) in [6.07, 6.45) is 3.50. The minimum atomic E-state index is 0.723. The minimum Gasteiger partial charge on any atom is -0.296 e. The highest BCUT2D eigenvalue weighted by Crippen LogP contribution is 2.21. The number of fused-ring (bicyclic) bond motifs is 1. The van der Waals surface area contributed by atoms with E-state index in [9.17, 15) is 0 Å². The summed E-state index contributed by atoms with van der Waals surface area (Å²) in [5.41, 5.74) is 1.95. The third-order valence-electron chi connectivity index (χ3n) is 1.99. The number of nitrogens with zero attached hydrogens (tertiary/aromatic N) is 2. The monoisotopic (exact) mass is 204 g/mol. The van der Waals surface area contributed by atoms with Crippen LogP contribution in [0.1, 0.15) is 5.56 Å². The van der Waals surface area contributed by atoms with Gasteiger partial charge in [-0.1, -0.05) is 17.7 Å². The number of aliphatic imine (C=N–C) groups is 1. The van der Waals surface area contributed by atoms with Crippen LogP contribution in [0.25, 0.3) is 10.9 Å². The molecule has 0 aliphatic carbocycles. The third-order valence-corrected chi connectivity index (χ3v) is 2.32. The number of pyridine rings is 1. The van der Waals surface area contributed by atoms with Crippen LogP contribution in [0, 0.1) is 0 Å². The van der Waals surface area contributed by atoms with Crippen molar-refractivity contribution >= 4 is 28.7 Å². The SMILES string of the molecule is CN=Cc1ccc2nccc(Cl)c2c1. The standard InChI is InChI=1S/C11H9ClN2/c1-13-7-8-2-3-11-9(6-8)10(12)4-5-14-11/h2-7H,1H3. The molecule has 1 heterocycles. The zero-order valence-electron chi connectivity index (χ0n) is 7.74. The van der Waals surface area contributed by atoms with Crippen LogP contribution in [0.3, 0.4) is 0 Å². The van der Waals surface area contributed by atoms with Crippen LogP contribution in [-0.4, -0.2) is 18.2 Å². The Balaban J connectivity index is 2.69. The minimum absolute atomic E-state index is 0.723. The first kappa shape index (κ1) is 9.16. The van der Waals surface area contributed by atoms with E-state index in [1.54, 1.807) is 25.5 Å². The van der Waals surface area contributed by atoms with Crippen molar-refractivity contribution in [2.45, 2.75) is 0 Å². The van der Waals surface area contributed by atoms with Crippen molar-refractivity contribution in [2.75, 3.05) is 7.05 Å². The summed E-state index contributed by atoms with van der Waals surface area (Å²) in [7, 11) is 1.75. The summed E-state index contributed by atoms with van der Waals surface area (Å²) >= 11 is 6.04. The fourth-order valence-corrected chi connectivity index (χ4v) is 1.57. The van der Waals surface area contributed by atoms with Gasteiger partial charge in [0.05, 0.1) is 10.5 Å². The van der Waals surface area contributed by atoms with E-state index in [-0.39, 0.29) is 0 Å². The molecule has 0 radical (unpaired) electrons. The Kier molecular flexibility index (Phi) is 2.46. The van der Waals surface area contributed by atoms with E-state index in [4.69, 9.17) is 11.6 Å². The molecule has 1 aromatic heterocycles. The van der Waals surface area contributed by atoms with Crippen LogP contribution in [0.15, 0.2) is 35.5 Å². The Morgan fingerprint density at radius 2 is 2.21 bits per heavy atom. The molecule has 0 fully saturated rings. The highest BCUT2D eigenvalue weighted by Gasteiger charge is 1.99. The number of aromatic nitrogens is 1. The molecule has 2 rings (SSSR count). The van der Waals surface area contributed by atoms with Crippen molar-refractivity contribution in [1.29, 1.82) is 0 Å². The molecule has 0 saturated heterocycles. The molecule has 0 spiro atoms. The van der Waals surface area contributed by atoms with Gasteiger partial charge in [0, 0.05) is 24.8 Å². The van der Waals surface area contributed by atoms with Crippen molar-refractivity contribution in [3.63, 3.8) is 0 Å². The average Bonchev–Trinajstić information content (AvgIpc) is 2.20. The fourth-order valence-electron chi connectivity index (χ4n) is 1.36. The van der Waals surface area contributed by atoms with E-state index >= 15 is 0 Å². The second-order valence-corrected chi connectivity index (χ2v) is 3.36. The van der Waals surface area contributed by atoms with E-state index in [2.05, 4.69) is 9.98 Å². The van der Waals surface area contributed by atoms with Crippen molar-refractivity contribution in [3.05, 3.63) is 41.0 Å². The van der Waals surface area contributed by atoms with Gasteiger partial charge in [-0.15, -0.1) is 0 Å². The molecule has 3 heteroatoms. The lowest BCUT2D eigenvalue weighted by atomic mass is 10.1. The van der Waals surface area contributed by atoms with Crippen LogP contribution in [0.4, 0.5) is 0 Å². The predicted octanol–water partition coefficient (Wildman–Crippen LogP) is 2.94. The fraction of sp³-hybridized carbons (Fsp3) is 0.0909. The Labute approximate surface area is 87.3 Å². The van der Waals surface area contributed by atoms with E-state index in [0.29, 0.717) is 0 Å². The smallest absolute Gasteiger partial charge is 0.0717 e. The molecule has 0 aliphatic rings. The molecule has 0 amide bonds. The van der Waals surface area contributed by atoms with Gasteiger partial charge >= 0.3 is 0 Å². The van der Waals surface area contributed by atoms with Gasteiger partial charge in [-0.2, -0.15) is 0 Å². The highest BCUT2D eigenvalue weighted by molar-refractivity contribution is 6.35. The molecule has 0 atom stereocenters. The first-order valence-electron chi connectivity index (χ1n) is 4.27. The predicted molar refractivity (Wildman–Crippen MR) is 60.3 cm³/mol. The largest absolute Gasteiger partial charge is 0.296 e. The van der Waals surface area contributed by atoms with E-state index in [1.807, 2.05) is 18.2 Å². The summed E-state index contributed by atoms with van der Waals surface area (Å²) in [5, 5.41) is 1.69. The van der Waals surface area contributed by atoms with Crippen LogP contribution in [0.5, 0.6) is 0 Å². The number of halogens is 1. The van der Waals surface area contributed by atoms with Crippen molar-refractivity contribution in [3.8, 4) is 0 Å². The van der Waals surface area contributed by atoms with Crippen LogP contribution >= 0.6 is 11.6 Å². The maximum Gasteiger partial charge on any atom is 0.0717 e. The average molecular weight is 205 g/mol. The van der Waals surface area contributed by atoms with Gasteiger partial charge in [0.15, 0.2) is 0 Å². The number of rotatable bonds is 1. The number of hydrogen-bond acceptors (Lipinski definition) is 2. The maximum absolute atomic E-state index is 6.04. The summed E-state index contributed by atoms with van der Waals surface area (Å²) in [4.78, 5) is 8.17. The Hall–Kier alpha value is -1.41. The summed E-state index contributed by atoms with van der Waals surface area (Å²) in [6, 6.07) is 7.69. The molecule has 0 saturated carbocycles. The lowest BCUT2D eigenvalue weighted by molar-refractivity contribution is 1.41. The van der Waals surface area contributed by atoms with Crippen molar-refractivity contribution in [1.82, 2.24) is 4.98 Å². The molecule has 0 bridgehead atoms. The Morgan fingerprint density at radius 1 is 1.36 bits per heavy atom. The zero-order chi connectivity index (χ0) is 9.97. The van der Waals surface area contributed by atoms with Gasteiger partial charge in [0.25, 0.3) is 0 Å². The van der Waals surface area contributed by atoms with Gasteiger partial charge in [-0.3, -0.25) is 9.98 Å². The third kappa shape index (κ3) is 1.61. The Bertz CT molecular complexity index is 492. The highest BCUT2D eigenvalue weighted by atomic mass is 35.5. The van der Waals surface area contributed by atoms with E-state index < -0.39 is 0 Å². The molecule has 0 aliphatic heterocycles. The summed E-state index contributed by atoms with van der Waals surface area (Å²) in [5.74, 6) is 0. The zero-order valence-corrected chi connectivity index (χ0v) is 8.49. The molecule has 2 aromatic rings. The molecule has 2 nitrogen and oxygen atoms in total. The molecule has 0 unspecified atom stereocenters. The summed E-state index contributed by atoms with van der Waals surface area (Å²) in [6.45, 7) is 0. The molecule has 14 heavy (non-hydrogen) atoms. The number of benzene rings is 1. The molecule has 1 aromatic carbocycles. The van der Waals surface area contributed by atoms with Crippen LogP contribution < -0.4 is 0 Å². The first-order valence-corrected chi connectivity index (χ1v) is 4.65. The van der Waals surface area contributed by atoms with Gasteiger partial charge in [-0.25, -0.2) is 0 Å². The van der Waals surface area contributed by atoms with Crippen molar-refractivity contribution in [2.24, 2.45) is 4.99 Å². The number of hydrogen-bond donors (Lipinski definition) is 0. The van der Waals surface area contributed by atoms with E-state index in [0.717, 1.165) is 21.5 Å². The topological polar surface area (TPSA) is 25.2 Å². The second-order valence-electron chi connectivity index (χ2n) is 2.96. The van der Waals surface area contributed by atoms with Gasteiger partial charge < -0.3 is 0 Å². The molecule has 0 N–H and O–H groups in total. The van der Waals surface area contributed by atoms with E-state index in [1.165, 1.54) is 0 Å². The van der Waals surface area contributed by atoms with Gasteiger partial charge in [0.2, 0.25) is 0 Å². The Morgan fingerprint density at radius 3 is 3.00 bits per heavy atom. The van der Waals surface area contributed by atoms with Crippen molar-refractivity contribution < 1.29 is 0 Å². The van der Waals surface area contributed by atoms with Crippen LogP contribution in [-0.2, 0) is 0 Å². The quantitative estimate of drug-likeness (QED) is 0.656. The normalized spacial score (nSPS) is 11.3. The van der Waals surface area contributed by atoms with Gasteiger partial charge in [0.1, 0.15) is 0 Å². The lowest BCUT2D eigenvalue weighted by Crippen LogP contribution is -1.84. The van der Waals surface area contributed by atoms with Crippen LogP contribution in [0.2, 0.25) is 5.02 Å². The molecular weight excluding hydrogens is 196 g/mol.